The van der Waals surface area contributed by atoms with Crippen LogP contribution in [0.5, 0.6) is 0 Å². The molecule has 3 heteroatoms. The maximum atomic E-state index is 10.7. The van der Waals surface area contributed by atoms with Crippen molar-refractivity contribution in [3.8, 4) is 0 Å². The van der Waals surface area contributed by atoms with Gasteiger partial charge in [-0.1, -0.05) is 0 Å². The zero-order chi connectivity index (χ0) is 8.97. The van der Waals surface area contributed by atoms with Crippen molar-refractivity contribution in [3.63, 3.8) is 0 Å². The van der Waals surface area contributed by atoms with Crippen LogP contribution < -0.4 is 0 Å². The van der Waals surface area contributed by atoms with Gasteiger partial charge in [-0.15, -0.1) is 0 Å². The van der Waals surface area contributed by atoms with Crippen LogP contribution in [0, 0.1) is 5.92 Å². The van der Waals surface area contributed by atoms with E-state index in [0.29, 0.717) is 13.0 Å². The van der Waals surface area contributed by atoms with Gasteiger partial charge in [-0.05, 0) is 26.2 Å². The van der Waals surface area contributed by atoms with Crippen LogP contribution >= 0.6 is 0 Å². The number of ketones is 1. The van der Waals surface area contributed by atoms with Crippen molar-refractivity contribution in [1.29, 1.82) is 0 Å². The monoisotopic (exact) mass is 172 g/mol. The fraction of sp³-hybridized carbons (Fsp3) is 0.889. The minimum absolute atomic E-state index is 0.169. The predicted octanol–water partition coefficient (Wildman–Crippen LogP) is 1.10. The lowest BCUT2D eigenvalue weighted by Gasteiger charge is -2.27. The Balaban J connectivity index is 2.24. The lowest BCUT2D eigenvalue weighted by atomic mass is 9.94. The van der Waals surface area contributed by atoms with Gasteiger partial charge in [0.05, 0.1) is 0 Å². The van der Waals surface area contributed by atoms with E-state index in [1.165, 1.54) is 0 Å². The third-order valence-corrected chi connectivity index (χ3v) is 2.28. The Hall–Kier alpha value is -0.410. The lowest BCUT2D eigenvalue weighted by molar-refractivity contribution is -0.160. The number of carbonyl (C=O) groups excluding carboxylic acids is 1. The van der Waals surface area contributed by atoms with Crippen molar-refractivity contribution < 1.29 is 14.6 Å². The van der Waals surface area contributed by atoms with E-state index in [0.717, 1.165) is 19.3 Å². The molecule has 70 valence electrons. The van der Waals surface area contributed by atoms with Crippen molar-refractivity contribution >= 4 is 5.78 Å². The lowest BCUT2D eigenvalue weighted by Crippen LogP contribution is -2.29. The van der Waals surface area contributed by atoms with E-state index < -0.39 is 6.29 Å². The van der Waals surface area contributed by atoms with Crippen LogP contribution in [0.2, 0.25) is 0 Å². The molecule has 1 aliphatic heterocycles. The fourth-order valence-electron chi connectivity index (χ4n) is 1.50. The van der Waals surface area contributed by atoms with Crippen LogP contribution in [0.15, 0.2) is 0 Å². The molecule has 3 nitrogen and oxygen atoms in total. The molecule has 0 amide bonds. The van der Waals surface area contributed by atoms with Gasteiger partial charge in [0.25, 0.3) is 0 Å². The second-order valence-corrected chi connectivity index (χ2v) is 3.40. The Morgan fingerprint density at radius 2 is 2.42 bits per heavy atom. The van der Waals surface area contributed by atoms with E-state index in [1.807, 2.05) is 0 Å². The van der Waals surface area contributed by atoms with Crippen LogP contribution in [0.3, 0.4) is 0 Å². The van der Waals surface area contributed by atoms with Crippen LogP contribution in [-0.2, 0) is 9.53 Å². The van der Waals surface area contributed by atoms with Crippen molar-refractivity contribution in [2.75, 3.05) is 6.61 Å². The number of Topliss-reactive ketones (excluding diaryl/α,β-unsaturated/α-hetero) is 1. The van der Waals surface area contributed by atoms with Crippen molar-refractivity contribution in [2.24, 2.45) is 5.92 Å². The SMILES string of the molecule is CC(=O)CCC1CCCOC1O. The first kappa shape index (κ1) is 9.68. The summed E-state index contributed by atoms with van der Waals surface area (Å²) in [5.41, 5.74) is 0. The largest absolute Gasteiger partial charge is 0.368 e. The van der Waals surface area contributed by atoms with Gasteiger partial charge in [0, 0.05) is 18.9 Å². The Kier molecular flexibility index (Phi) is 3.69. The first-order valence-corrected chi connectivity index (χ1v) is 4.49. The summed E-state index contributed by atoms with van der Waals surface area (Å²) in [7, 11) is 0. The van der Waals surface area contributed by atoms with Crippen LogP contribution in [0.1, 0.15) is 32.6 Å². The Labute approximate surface area is 72.7 Å². The average Bonchev–Trinajstić information content (AvgIpc) is 2.03. The molecule has 1 heterocycles. The molecular formula is C9H16O3. The summed E-state index contributed by atoms with van der Waals surface area (Å²) in [5.74, 6) is 0.357. The van der Waals surface area contributed by atoms with Gasteiger partial charge in [0.15, 0.2) is 6.29 Å². The molecule has 1 saturated heterocycles. The molecule has 0 aromatic rings. The van der Waals surface area contributed by atoms with E-state index in [4.69, 9.17) is 4.74 Å². The van der Waals surface area contributed by atoms with Gasteiger partial charge in [-0.2, -0.15) is 0 Å². The van der Waals surface area contributed by atoms with Crippen molar-refractivity contribution in [3.05, 3.63) is 0 Å². The number of rotatable bonds is 3. The number of aliphatic hydroxyl groups excluding tert-OH is 1. The summed E-state index contributed by atoms with van der Waals surface area (Å²) in [6.07, 6.45) is 2.66. The summed E-state index contributed by atoms with van der Waals surface area (Å²) >= 11 is 0. The molecule has 0 saturated carbocycles. The summed E-state index contributed by atoms with van der Waals surface area (Å²) in [6.45, 7) is 2.23. The molecule has 2 unspecified atom stereocenters. The number of ether oxygens (including phenoxy) is 1. The highest BCUT2D eigenvalue weighted by molar-refractivity contribution is 5.75. The standard InChI is InChI=1S/C9H16O3/c1-7(10)4-5-8-3-2-6-12-9(8)11/h8-9,11H,2-6H2,1H3. The molecule has 0 spiro atoms. The van der Waals surface area contributed by atoms with E-state index in [1.54, 1.807) is 6.92 Å². The molecule has 12 heavy (non-hydrogen) atoms. The zero-order valence-corrected chi connectivity index (χ0v) is 7.45. The normalized spacial score (nSPS) is 30.2. The second-order valence-electron chi connectivity index (χ2n) is 3.40. The summed E-state index contributed by atoms with van der Waals surface area (Å²) in [5, 5.41) is 9.35. The molecular weight excluding hydrogens is 156 g/mol. The van der Waals surface area contributed by atoms with Crippen LogP contribution in [0.25, 0.3) is 0 Å². The third-order valence-electron chi connectivity index (χ3n) is 2.28. The van der Waals surface area contributed by atoms with Gasteiger partial charge in [-0.25, -0.2) is 0 Å². The maximum absolute atomic E-state index is 10.7. The minimum atomic E-state index is -0.641. The quantitative estimate of drug-likeness (QED) is 0.693. The zero-order valence-electron chi connectivity index (χ0n) is 7.45. The number of hydrogen-bond acceptors (Lipinski definition) is 3. The van der Waals surface area contributed by atoms with E-state index in [2.05, 4.69) is 0 Å². The highest BCUT2D eigenvalue weighted by Gasteiger charge is 2.23. The molecule has 2 atom stereocenters. The first-order chi connectivity index (χ1) is 5.70. The first-order valence-electron chi connectivity index (χ1n) is 4.49. The molecule has 0 aromatic heterocycles. The molecule has 0 bridgehead atoms. The van der Waals surface area contributed by atoms with Gasteiger partial charge >= 0.3 is 0 Å². The maximum Gasteiger partial charge on any atom is 0.157 e. The third kappa shape index (κ3) is 2.91. The molecule has 0 aromatic carbocycles. The highest BCUT2D eigenvalue weighted by atomic mass is 16.6. The summed E-state index contributed by atoms with van der Waals surface area (Å²) < 4.78 is 5.07. The minimum Gasteiger partial charge on any atom is -0.368 e. The summed E-state index contributed by atoms with van der Waals surface area (Å²) in [4.78, 5) is 10.7. The molecule has 0 aliphatic carbocycles. The Morgan fingerprint density at radius 3 is 3.00 bits per heavy atom. The average molecular weight is 172 g/mol. The second kappa shape index (κ2) is 4.58. The Morgan fingerprint density at radius 1 is 1.67 bits per heavy atom. The highest BCUT2D eigenvalue weighted by Crippen LogP contribution is 2.23. The smallest absolute Gasteiger partial charge is 0.157 e. The fourth-order valence-corrected chi connectivity index (χ4v) is 1.50. The molecule has 0 radical (unpaired) electrons. The molecule has 1 fully saturated rings. The van der Waals surface area contributed by atoms with Crippen molar-refractivity contribution in [1.82, 2.24) is 0 Å². The van der Waals surface area contributed by atoms with E-state index in [9.17, 15) is 9.90 Å². The number of hydrogen-bond donors (Lipinski definition) is 1. The topological polar surface area (TPSA) is 46.5 Å². The molecule has 1 rings (SSSR count). The van der Waals surface area contributed by atoms with Gasteiger partial charge in [0.2, 0.25) is 0 Å². The molecule has 1 aliphatic rings. The van der Waals surface area contributed by atoms with Gasteiger partial charge < -0.3 is 14.6 Å². The molecule has 1 N–H and O–H groups in total. The van der Waals surface area contributed by atoms with E-state index >= 15 is 0 Å². The van der Waals surface area contributed by atoms with Crippen molar-refractivity contribution in [2.45, 2.75) is 38.9 Å². The van der Waals surface area contributed by atoms with Gasteiger partial charge in [-0.3, -0.25) is 0 Å². The summed E-state index contributed by atoms with van der Waals surface area (Å²) in [6, 6.07) is 0. The van der Waals surface area contributed by atoms with Crippen LogP contribution in [-0.4, -0.2) is 23.8 Å². The number of aliphatic hydroxyl groups is 1. The Bertz CT molecular complexity index is 156. The predicted molar refractivity (Wildman–Crippen MR) is 44.6 cm³/mol. The van der Waals surface area contributed by atoms with Crippen LogP contribution in [0.4, 0.5) is 0 Å². The number of carbonyl (C=O) groups is 1. The van der Waals surface area contributed by atoms with Gasteiger partial charge in [0.1, 0.15) is 5.78 Å². The van der Waals surface area contributed by atoms with E-state index in [-0.39, 0.29) is 11.7 Å².